The first kappa shape index (κ1) is 28.9. The van der Waals surface area contributed by atoms with Gasteiger partial charge in [-0.05, 0) is 81.0 Å². The Labute approximate surface area is 273 Å². The van der Waals surface area contributed by atoms with Gasteiger partial charge in [0.25, 0.3) is 11.8 Å². The van der Waals surface area contributed by atoms with Crippen molar-refractivity contribution in [3.63, 3.8) is 0 Å². The van der Waals surface area contributed by atoms with Crippen LogP contribution in [0.1, 0.15) is 53.3 Å². The number of fused-ring (bicyclic) bond motifs is 2. The third-order valence-electron chi connectivity index (χ3n) is 10.6. The van der Waals surface area contributed by atoms with Crippen molar-refractivity contribution < 1.29 is 19.1 Å². The predicted octanol–water partition coefficient (Wildman–Crippen LogP) is 4.37. The molecule has 1 N–H and O–H groups in total. The number of nitrogens with zero attached hydrogens (tertiary/aromatic N) is 6. The standard InChI is InChI=1S/C36H39N7O4/c1-35(11-12-35)47-26-6-7-30-29(19-26)32(39-38-30)25-8-13-37-31(18-25)41-16-17-46-36(23-41)21-40(22-36)20-24-9-14-42(15-10-24)43-33(44)27-4-2-3-5-28(27)34(43)45/h2-8,13,18-19,24H,9-12,14-17,20-23H2,1H3,(H,38,39). The summed E-state index contributed by atoms with van der Waals surface area (Å²) < 4.78 is 12.6. The summed E-state index contributed by atoms with van der Waals surface area (Å²) >= 11 is 0. The van der Waals surface area contributed by atoms with Gasteiger partial charge in [0.1, 0.15) is 28.5 Å². The number of likely N-dealkylation sites (tertiary alicyclic amines) is 1. The van der Waals surface area contributed by atoms with Gasteiger partial charge in [0.15, 0.2) is 0 Å². The molecule has 242 valence electrons. The molecule has 0 bridgehead atoms. The molecular formula is C36H39N7O4. The first-order chi connectivity index (χ1) is 22.9. The van der Waals surface area contributed by atoms with Crippen molar-refractivity contribution in [2.45, 2.75) is 43.8 Å². The number of rotatable bonds is 7. The molecule has 1 aliphatic carbocycles. The topological polar surface area (TPSA) is 107 Å². The lowest BCUT2D eigenvalue weighted by Crippen LogP contribution is -2.70. The number of pyridine rings is 1. The molecule has 0 unspecified atom stereocenters. The lowest BCUT2D eigenvalue weighted by Gasteiger charge is -2.55. The summed E-state index contributed by atoms with van der Waals surface area (Å²) in [5.74, 6) is 1.95. The van der Waals surface area contributed by atoms with E-state index in [9.17, 15) is 9.59 Å². The zero-order chi connectivity index (χ0) is 31.8. The highest BCUT2D eigenvalue weighted by molar-refractivity contribution is 6.20. The van der Waals surface area contributed by atoms with Gasteiger partial charge in [-0.25, -0.2) is 15.0 Å². The van der Waals surface area contributed by atoms with Gasteiger partial charge in [0.2, 0.25) is 0 Å². The molecule has 5 aliphatic rings. The highest BCUT2D eigenvalue weighted by Gasteiger charge is 2.48. The van der Waals surface area contributed by atoms with Crippen molar-refractivity contribution in [1.29, 1.82) is 0 Å². The molecule has 4 fully saturated rings. The molecule has 0 atom stereocenters. The van der Waals surface area contributed by atoms with E-state index in [4.69, 9.17) is 14.5 Å². The van der Waals surface area contributed by atoms with Crippen LogP contribution in [-0.4, -0.2) is 106 Å². The molecule has 1 spiro atoms. The summed E-state index contributed by atoms with van der Waals surface area (Å²) in [5, 5.41) is 12.2. The Morgan fingerprint density at radius 2 is 1.72 bits per heavy atom. The molecule has 2 aromatic carbocycles. The summed E-state index contributed by atoms with van der Waals surface area (Å²) in [6, 6.07) is 17.4. The molecule has 2 aromatic heterocycles. The van der Waals surface area contributed by atoms with Gasteiger partial charge in [-0.15, -0.1) is 0 Å². The molecule has 1 saturated carbocycles. The largest absolute Gasteiger partial charge is 0.488 e. The first-order valence-corrected chi connectivity index (χ1v) is 16.8. The van der Waals surface area contributed by atoms with Gasteiger partial charge in [0, 0.05) is 56.4 Å². The number of aromatic amines is 1. The number of hydrogen-bond acceptors (Lipinski definition) is 9. The third-order valence-corrected chi connectivity index (χ3v) is 10.6. The molecular weight excluding hydrogens is 594 g/mol. The van der Waals surface area contributed by atoms with E-state index < -0.39 is 0 Å². The smallest absolute Gasteiger partial charge is 0.276 e. The number of anilines is 1. The van der Waals surface area contributed by atoms with Crippen LogP contribution < -0.4 is 9.64 Å². The fraction of sp³-hybridized carbons (Fsp3) is 0.444. The van der Waals surface area contributed by atoms with E-state index in [0.717, 1.165) is 92.1 Å². The number of carbonyl (C=O) groups is 2. The summed E-state index contributed by atoms with van der Waals surface area (Å²) in [6.45, 7) is 8.64. The Kier molecular flexibility index (Phi) is 6.67. The first-order valence-electron chi connectivity index (χ1n) is 16.8. The molecule has 2 amide bonds. The van der Waals surface area contributed by atoms with Crippen LogP contribution in [0, 0.1) is 5.92 Å². The quantitative estimate of drug-likeness (QED) is 0.297. The average Bonchev–Trinajstić information content (AvgIpc) is 3.55. The zero-order valence-corrected chi connectivity index (χ0v) is 26.7. The second-order valence-electron chi connectivity index (χ2n) is 14.2. The highest BCUT2D eigenvalue weighted by atomic mass is 16.5. The second-order valence-corrected chi connectivity index (χ2v) is 14.2. The molecule has 47 heavy (non-hydrogen) atoms. The van der Waals surface area contributed by atoms with Gasteiger partial charge in [-0.2, -0.15) is 5.10 Å². The van der Waals surface area contributed by atoms with E-state index >= 15 is 0 Å². The van der Waals surface area contributed by atoms with Crippen LogP contribution in [-0.2, 0) is 4.74 Å². The third kappa shape index (κ3) is 5.17. The monoisotopic (exact) mass is 633 g/mol. The normalized spacial score (nSPS) is 22.6. The van der Waals surface area contributed by atoms with E-state index in [2.05, 4.69) is 39.1 Å². The number of morpholine rings is 1. The molecule has 4 aliphatic heterocycles. The Bertz CT molecular complexity index is 1840. The van der Waals surface area contributed by atoms with E-state index in [-0.39, 0.29) is 23.0 Å². The van der Waals surface area contributed by atoms with Gasteiger partial charge in [-0.3, -0.25) is 19.6 Å². The van der Waals surface area contributed by atoms with E-state index in [1.807, 2.05) is 41.5 Å². The molecule has 6 heterocycles. The van der Waals surface area contributed by atoms with Crippen molar-refractivity contribution in [3.8, 4) is 17.0 Å². The number of nitrogens with one attached hydrogen (secondary N) is 1. The Balaban J connectivity index is 0.816. The van der Waals surface area contributed by atoms with E-state index in [1.165, 1.54) is 5.01 Å². The molecule has 3 saturated heterocycles. The molecule has 11 nitrogen and oxygen atoms in total. The summed E-state index contributed by atoms with van der Waals surface area (Å²) in [7, 11) is 0. The van der Waals surface area contributed by atoms with Crippen LogP contribution in [0.15, 0.2) is 60.8 Å². The predicted molar refractivity (Wildman–Crippen MR) is 176 cm³/mol. The molecule has 9 rings (SSSR count). The lowest BCUT2D eigenvalue weighted by atomic mass is 9.88. The number of piperidine rings is 1. The average molecular weight is 634 g/mol. The lowest BCUT2D eigenvalue weighted by molar-refractivity contribution is -0.153. The molecule has 11 heteroatoms. The zero-order valence-electron chi connectivity index (χ0n) is 26.7. The van der Waals surface area contributed by atoms with Crippen molar-refractivity contribution in [2.75, 3.05) is 57.3 Å². The van der Waals surface area contributed by atoms with Gasteiger partial charge in [0.05, 0.1) is 29.8 Å². The number of hydrazine groups is 1. The van der Waals surface area contributed by atoms with Crippen molar-refractivity contribution in [3.05, 3.63) is 71.9 Å². The van der Waals surface area contributed by atoms with E-state index in [0.29, 0.717) is 36.7 Å². The van der Waals surface area contributed by atoms with Crippen molar-refractivity contribution in [1.82, 2.24) is 30.1 Å². The van der Waals surface area contributed by atoms with Gasteiger partial charge >= 0.3 is 0 Å². The van der Waals surface area contributed by atoms with Crippen LogP contribution in [0.2, 0.25) is 0 Å². The minimum absolute atomic E-state index is 0.0349. The van der Waals surface area contributed by atoms with Gasteiger partial charge in [-0.1, -0.05) is 12.1 Å². The maximum absolute atomic E-state index is 12.9. The number of imide groups is 1. The van der Waals surface area contributed by atoms with E-state index in [1.54, 1.807) is 12.1 Å². The van der Waals surface area contributed by atoms with Crippen molar-refractivity contribution >= 4 is 28.5 Å². The van der Waals surface area contributed by atoms with Gasteiger partial charge < -0.3 is 14.4 Å². The number of ether oxygens (including phenoxy) is 2. The van der Waals surface area contributed by atoms with Crippen LogP contribution >= 0.6 is 0 Å². The molecule has 0 radical (unpaired) electrons. The number of amides is 2. The number of H-pyrrole nitrogens is 1. The Morgan fingerprint density at radius 1 is 0.957 bits per heavy atom. The summed E-state index contributed by atoms with van der Waals surface area (Å²) in [5.41, 5.74) is 3.70. The summed E-state index contributed by atoms with van der Waals surface area (Å²) in [4.78, 5) is 35.5. The fourth-order valence-corrected chi connectivity index (χ4v) is 7.81. The number of hydrogen-bond donors (Lipinski definition) is 1. The highest BCUT2D eigenvalue weighted by Crippen LogP contribution is 2.41. The van der Waals surface area contributed by atoms with Crippen molar-refractivity contribution in [2.24, 2.45) is 5.92 Å². The SMILES string of the molecule is CC1(Oc2ccc3[nH]nc(-c4ccnc(N5CCOC6(CN(CC7CCN(N8C(=O)c9ccccc9C8=O)CC7)C6)C5)c4)c3c2)CC1. The Morgan fingerprint density at radius 3 is 2.47 bits per heavy atom. The second kappa shape index (κ2) is 10.9. The minimum atomic E-state index is -0.201. The molecule has 4 aromatic rings. The number of carbonyl (C=O) groups excluding carboxylic acids is 2. The maximum Gasteiger partial charge on any atom is 0.276 e. The minimum Gasteiger partial charge on any atom is -0.488 e. The summed E-state index contributed by atoms with van der Waals surface area (Å²) in [6.07, 6.45) is 5.97. The van der Waals surface area contributed by atoms with Crippen LogP contribution in [0.3, 0.4) is 0 Å². The number of benzene rings is 2. The fourth-order valence-electron chi connectivity index (χ4n) is 7.81. The maximum atomic E-state index is 12.9. The van der Waals surface area contributed by atoms with Crippen LogP contribution in [0.4, 0.5) is 5.82 Å². The van der Waals surface area contributed by atoms with Crippen LogP contribution in [0.5, 0.6) is 5.75 Å². The number of aromatic nitrogens is 3. The van der Waals surface area contributed by atoms with Crippen LogP contribution in [0.25, 0.3) is 22.2 Å². The Hall–Kier alpha value is -4.32.